The first-order chi connectivity index (χ1) is 8.79. The molecule has 1 heterocycles. The molecular weight excluding hydrogens is 299 g/mol. The molecule has 1 N–H and O–H groups in total. The number of halogens is 2. The van der Waals surface area contributed by atoms with Crippen LogP contribution in [0.5, 0.6) is 0 Å². The van der Waals surface area contributed by atoms with Gasteiger partial charge in [0.15, 0.2) is 0 Å². The summed E-state index contributed by atoms with van der Waals surface area (Å²) in [6, 6.07) is 7.31. The second-order valence-electron chi connectivity index (χ2n) is 5.33. The third-order valence-corrected chi connectivity index (χ3v) is 3.72. The van der Waals surface area contributed by atoms with E-state index in [-0.39, 0.29) is 5.41 Å². The highest BCUT2D eigenvalue weighted by atomic mass is 35.5. The first-order valence-corrected chi connectivity index (χ1v) is 7.01. The molecule has 0 atom stereocenters. The van der Waals surface area contributed by atoms with Crippen LogP contribution in [0.15, 0.2) is 24.3 Å². The molecule has 0 bridgehead atoms. The van der Waals surface area contributed by atoms with Crippen LogP contribution in [0.25, 0.3) is 11.3 Å². The Bertz CT molecular complexity index is 672. The monoisotopic (exact) mass is 312 g/mol. The fraction of sp³-hybridized carbons (Fsp3) is 0.286. The number of rotatable bonds is 1. The van der Waals surface area contributed by atoms with Gasteiger partial charge in [-0.3, -0.25) is 0 Å². The van der Waals surface area contributed by atoms with Crippen molar-refractivity contribution in [1.29, 1.82) is 0 Å². The van der Waals surface area contributed by atoms with Crippen molar-refractivity contribution >= 4 is 35.4 Å². The minimum atomic E-state index is -0.116. The van der Waals surface area contributed by atoms with Crippen LogP contribution in [0.2, 0.25) is 10.0 Å². The zero-order valence-corrected chi connectivity index (χ0v) is 13.2. The van der Waals surface area contributed by atoms with E-state index in [4.69, 9.17) is 35.4 Å². The van der Waals surface area contributed by atoms with Crippen LogP contribution in [0.1, 0.15) is 26.6 Å². The van der Waals surface area contributed by atoms with Crippen molar-refractivity contribution in [1.82, 2.24) is 9.97 Å². The zero-order valence-electron chi connectivity index (χ0n) is 10.9. The Balaban J connectivity index is 2.67. The van der Waals surface area contributed by atoms with Crippen molar-refractivity contribution in [3.8, 4) is 11.3 Å². The molecular formula is C14H14Cl2N2S. The van der Waals surface area contributed by atoms with Crippen LogP contribution in [0.4, 0.5) is 0 Å². The second kappa shape index (κ2) is 5.23. The predicted molar refractivity (Wildman–Crippen MR) is 83.6 cm³/mol. The maximum Gasteiger partial charge on any atom is 0.130 e. The molecule has 0 amide bonds. The number of aromatic amines is 1. The van der Waals surface area contributed by atoms with Gasteiger partial charge in [0.25, 0.3) is 0 Å². The molecule has 5 heteroatoms. The van der Waals surface area contributed by atoms with Crippen molar-refractivity contribution < 1.29 is 0 Å². The van der Waals surface area contributed by atoms with E-state index >= 15 is 0 Å². The Morgan fingerprint density at radius 3 is 2.53 bits per heavy atom. The van der Waals surface area contributed by atoms with E-state index in [9.17, 15) is 0 Å². The molecule has 0 saturated heterocycles. The van der Waals surface area contributed by atoms with Gasteiger partial charge in [-0.15, -0.1) is 0 Å². The summed E-state index contributed by atoms with van der Waals surface area (Å²) in [7, 11) is 0. The zero-order chi connectivity index (χ0) is 14.2. The first kappa shape index (κ1) is 14.5. The number of H-pyrrole nitrogens is 1. The van der Waals surface area contributed by atoms with Gasteiger partial charge in [0.05, 0.1) is 15.7 Å². The van der Waals surface area contributed by atoms with Crippen molar-refractivity contribution in [2.45, 2.75) is 26.2 Å². The standard InChI is InChI=1S/C14H14Cl2N2S/c1-14(2,3)13-17-10(7-11(19)18-13)8-5-4-6-9(15)12(8)16/h4-7H,1-3H3,(H,17,18,19). The van der Waals surface area contributed by atoms with E-state index in [1.54, 1.807) is 12.1 Å². The predicted octanol–water partition coefficient (Wildman–Crippen LogP) is 5.41. The number of benzene rings is 1. The second-order valence-corrected chi connectivity index (χ2v) is 6.54. The smallest absolute Gasteiger partial charge is 0.130 e. The van der Waals surface area contributed by atoms with Gasteiger partial charge in [0.2, 0.25) is 0 Å². The van der Waals surface area contributed by atoms with Crippen molar-refractivity contribution in [2.75, 3.05) is 0 Å². The molecule has 0 unspecified atom stereocenters. The summed E-state index contributed by atoms with van der Waals surface area (Å²) in [6.07, 6.45) is 0. The van der Waals surface area contributed by atoms with Crippen LogP contribution in [0, 0.1) is 4.64 Å². The minimum Gasteiger partial charge on any atom is -0.343 e. The summed E-state index contributed by atoms with van der Waals surface area (Å²) in [5.74, 6) is 0.825. The fourth-order valence-corrected chi connectivity index (χ4v) is 2.28. The van der Waals surface area contributed by atoms with E-state index in [0.717, 1.165) is 17.1 Å². The third kappa shape index (κ3) is 3.16. The molecule has 2 aromatic rings. The number of nitrogens with zero attached hydrogens (tertiary/aromatic N) is 1. The Labute approximate surface area is 127 Å². The van der Waals surface area contributed by atoms with Crippen LogP contribution >= 0.6 is 35.4 Å². The molecule has 0 saturated carbocycles. The largest absolute Gasteiger partial charge is 0.343 e. The Hall–Kier alpha value is -0.900. The van der Waals surface area contributed by atoms with Gasteiger partial charge in [-0.25, -0.2) is 4.98 Å². The summed E-state index contributed by atoms with van der Waals surface area (Å²) in [4.78, 5) is 7.65. The number of nitrogens with one attached hydrogen (secondary N) is 1. The van der Waals surface area contributed by atoms with E-state index in [1.165, 1.54) is 0 Å². The highest BCUT2D eigenvalue weighted by Crippen LogP contribution is 2.33. The molecule has 2 nitrogen and oxygen atoms in total. The van der Waals surface area contributed by atoms with Crippen molar-refractivity contribution in [3.05, 3.63) is 44.8 Å². The molecule has 2 rings (SSSR count). The van der Waals surface area contributed by atoms with Crippen LogP contribution < -0.4 is 0 Å². The lowest BCUT2D eigenvalue weighted by molar-refractivity contribution is 0.545. The van der Waals surface area contributed by atoms with Gasteiger partial charge in [0, 0.05) is 11.0 Å². The first-order valence-electron chi connectivity index (χ1n) is 5.85. The lowest BCUT2D eigenvalue weighted by Crippen LogP contribution is -2.16. The SMILES string of the molecule is CC(C)(C)c1nc(=S)cc(-c2cccc(Cl)c2Cl)[nH]1. The number of hydrogen-bond acceptors (Lipinski definition) is 2. The van der Waals surface area contributed by atoms with Gasteiger partial charge in [0.1, 0.15) is 10.5 Å². The fourth-order valence-electron chi connectivity index (χ4n) is 1.67. The summed E-state index contributed by atoms with van der Waals surface area (Å²) in [6.45, 7) is 6.22. The van der Waals surface area contributed by atoms with E-state index in [1.807, 2.05) is 12.1 Å². The maximum absolute atomic E-state index is 6.24. The lowest BCUT2D eigenvalue weighted by Gasteiger charge is -2.18. The van der Waals surface area contributed by atoms with Gasteiger partial charge in [-0.05, 0) is 12.1 Å². The van der Waals surface area contributed by atoms with Crippen LogP contribution in [-0.4, -0.2) is 9.97 Å². The molecule has 0 fully saturated rings. The Kier molecular flexibility index (Phi) is 4.00. The molecule has 1 aromatic carbocycles. The van der Waals surface area contributed by atoms with E-state index in [2.05, 4.69) is 30.7 Å². The van der Waals surface area contributed by atoms with Gasteiger partial charge in [-0.2, -0.15) is 0 Å². The van der Waals surface area contributed by atoms with Crippen molar-refractivity contribution in [2.24, 2.45) is 0 Å². The summed E-state index contributed by atoms with van der Waals surface area (Å²) < 4.78 is 0.537. The van der Waals surface area contributed by atoms with Crippen LogP contribution in [-0.2, 0) is 5.41 Å². The number of hydrogen-bond donors (Lipinski definition) is 1. The molecule has 0 spiro atoms. The molecule has 1 aromatic heterocycles. The summed E-state index contributed by atoms with van der Waals surface area (Å²) in [5.41, 5.74) is 1.54. The number of aromatic nitrogens is 2. The maximum atomic E-state index is 6.24. The van der Waals surface area contributed by atoms with Gasteiger partial charge < -0.3 is 4.98 Å². The van der Waals surface area contributed by atoms with Gasteiger partial charge in [-0.1, -0.05) is 68.3 Å². The Morgan fingerprint density at radius 1 is 1.21 bits per heavy atom. The Morgan fingerprint density at radius 2 is 1.89 bits per heavy atom. The average molecular weight is 313 g/mol. The lowest BCUT2D eigenvalue weighted by atomic mass is 9.95. The van der Waals surface area contributed by atoms with E-state index in [0.29, 0.717) is 14.7 Å². The summed E-state index contributed by atoms with van der Waals surface area (Å²) >= 11 is 17.5. The highest BCUT2D eigenvalue weighted by molar-refractivity contribution is 7.71. The van der Waals surface area contributed by atoms with Gasteiger partial charge >= 0.3 is 0 Å². The normalized spacial score (nSPS) is 11.6. The topological polar surface area (TPSA) is 28.7 Å². The quantitative estimate of drug-likeness (QED) is 0.713. The van der Waals surface area contributed by atoms with Crippen LogP contribution in [0.3, 0.4) is 0 Å². The highest BCUT2D eigenvalue weighted by Gasteiger charge is 2.18. The van der Waals surface area contributed by atoms with Crippen molar-refractivity contribution in [3.63, 3.8) is 0 Å². The third-order valence-electron chi connectivity index (χ3n) is 2.70. The minimum absolute atomic E-state index is 0.116. The molecule has 19 heavy (non-hydrogen) atoms. The molecule has 0 aliphatic heterocycles. The summed E-state index contributed by atoms with van der Waals surface area (Å²) in [5, 5.41) is 1.04. The molecule has 0 aliphatic carbocycles. The molecule has 0 radical (unpaired) electrons. The average Bonchev–Trinajstić information content (AvgIpc) is 2.31. The molecule has 0 aliphatic rings. The van der Waals surface area contributed by atoms with E-state index < -0.39 is 0 Å². The molecule has 100 valence electrons.